The zero-order valence-corrected chi connectivity index (χ0v) is 10.3. The van der Waals surface area contributed by atoms with Gasteiger partial charge in [-0.1, -0.05) is 0 Å². The van der Waals surface area contributed by atoms with E-state index in [9.17, 15) is 0 Å². The number of hydrogen-bond donors (Lipinski definition) is 2. The van der Waals surface area contributed by atoms with E-state index in [-0.39, 0.29) is 6.61 Å². The first-order valence-corrected chi connectivity index (χ1v) is 6.35. The summed E-state index contributed by atoms with van der Waals surface area (Å²) >= 11 is 0. The van der Waals surface area contributed by atoms with Gasteiger partial charge in [0, 0.05) is 37.4 Å². The van der Waals surface area contributed by atoms with Gasteiger partial charge in [-0.15, -0.1) is 0 Å². The molecule has 1 unspecified atom stereocenters. The summed E-state index contributed by atoms with van der Waals surface area (Å²) in [7, 11) is 0. The Balaban J connectivity index is 1.65. The molecule has 1 aromatic rings. The molecule has 5 nitrogen and oxygen atoms in total. The van der Waals surface area contributed by atoms with Gasteiger partial charge in [-0.05, 0) is 18.6 Å². The number of rotatable bonds is 4. The fourth-order valence-electron chi connectivity index (χ4n) is 2.51. The molecule has 2 N–H and O–H groups in total. The lowest BCUT2D eigenvalue weighted by Gasteiger charge is -2.19. The minimum atomic E-state index is 0.195. The molecule has 1 aromatic carbocycles. The van der Waals surface area contributed by atoms with Crippen molar-refractivity contribution in [2.75, 3.05) is 37.9 Å². The largest absolute Gasteiger partial charge is 0.454 e. The first-order valence-electron chi connectivity index (χ1n) is 6.35. The Morgan fingerprint density at radius 3 is 3.11 bits per heavy atom. The topological polar surface area (TPSA) is 54.0 Å². The van der Waals surface area contributed by atoms with E-state index in [1.54, 1.807) is 0 Å². The third-order valence-corrected chi connectivity index (χ3v) is 3.45. The number of nitrogens with one attached hydrogen (secondary N) is 1. The van der Waals surface area contributed by atoms with E-state index in [1.165, 1.54) is 5.69 Å². The number of ether oxygens (including phenoxy) is 2. The molecule has 0 aliphatic carbocycles. The number of nitrogens with zero attached hydrogens (tertiary/aromatic N) is 1. The summed E-state index contributed by atoms with van der Waals surface area (Å²) in [4.78, 5) is 2.33. The van der Waals surface area contributed by atoms with E-state index in [1.807, 2.05) is 12.1 Å². The second kappa shape index (κ2) is 5.04. The van der Waals surface area contributed by atoms with Gasteiger partial charge in [0.15, 0.2) is 11.5 Å². The zero-order valence-electron chi connectivity index (χ0n) is 10.3. The minimum absolute atomic E-state index is 0.195. The minimum Gasteiger partial charge on any atom is -0.454 e. The maximum Gasteiger partial charge on any atom is 0.231 e. The molecule has 0 spiro atoms. The van der Waals surface area contributed by atoms with Crippen molar-refractivity contribution in [3.05, 3.63) is 18.2 Å². The first-order chi connectivity index (χ1) is 8.86. The average Bonchev–Trinajstić information content (AvgIpc) is 3.04. The van der Waals surface area contributed by atoms with Crippen molar-refractivity contribution in [2.24, 2.45) is 0 Å². The lowest BCUT2D eigenvalue weighted by molar-refractivity contribution is 0.174. The molecule has 3 rings (SSSR count). The van der Waals surface area contributed by atoms with Crippen molar-refractivity contribution in [3.63, 3.8) is 0 Å². The third-order valence-electron chi connectivity index (χ3n) is 3.45. The lowest BCUT2D eigenvalue weighted by atomic mass is 10.2. The van der Waals surface area contributed by atoms with Crippen LogP contribution in [0, 0.1) is 0 Å². The molecule has 0 aromatic heterocycles. The highest BCUT2D eigenvalue weighted by atomic mass is 16.7. The van der Waals surface area contributed by atoms with Gasteiger partial charge in [0.25, 0.3) is 0 Å². The summed E-state index contributed by atoms with van der Waals surface area (Å²) in [6.45, 7) is 3.18. The van der Waals surface area contributed by atoms with Gasteiger partial charge in [0.1, 0.15) is 0 Å². The van der Waals surface area contributed by atoms with Crippen LogP contribution in [-0.4, -0.2) is 44.2 Å². The summed E-state index contributed by atoms with van der Waals surface area (Å²) in [6, 6.07) is 6.53. The number of aliphatic hydroxyl groups is 1. The van der Waals surface area contributed by atoms with E-state index < -0.39 is 0 Å². The molecule has 0 bridgehead atoms. The SMILES string of the molecule is OCCNC1CCN(c2ccc3c(c2)OCO3)C1. The van der Waals surface area contributed by atoms with Gasteiger partial charge < -0.3 is 24.8 Å². The van der Waals surface area contributed by atoms with Crippen molar-refractivity contribution < 1.29 is 14.6 Å². The Morgan fingerprint density at radius 2 is 2.22 bits per heavy atom. The molecule has 2 aliphatic heterocycles. The molecule has 1 fully saturated rings. The average molecular weight is 250 g/mol. The van der Waals surface area contributed by atoms with Gasteiger partial charge in [-0.3, -0.25) is 0 Å². The third kappa shape index (κ3) is 2.23. The standard InChI is InChI=1S/C13H18N2O3/c16-6-4-14-10-3-5-15(8-10)11-1-2-12-13(7-11)18-9-17-12/h1-2,7,10,14,16H,3-6,8-9H2. The van der Waals surface area contributed by atoms with Crippen LogP contribution in [0.1, 0.15) is 6.42 Å². The summed E-state index contributed by atoms with van der Waals surface area (Å²) in [6.07, 6.45) is 1.11. The predicted molar refractivity (Wildman–Crippen MR) is 68.3 cm³/mol. The Morgan fingerprint density at radius 1 is 1.33 bits per heavy atom. The molecule has 1 atom stereocenters. The zero-order chi connectivity index (χ0) is 12.4. The Bertz CT molecular complexity index is 425. The molecule has 0 amide bonds. The number of aliphatic hydroxyl groups excluding tert-OH is 1. The van der Waals surface area contributed by atoms with E-state index in [4.69, 9.17) is 14.6 Å². The van der Waals surface area contributed by atoms with Crippen molar-refractivity contribution in [1.82, 2.24) is 5.32 Å². The van der Waals surface area contributed by atoms with Crippen LogP contribution in [0.2, 0.25) is 0 Å². The number of hydrogen-bond acceptors (Lipinski definition) is 5. The molecular formula is C13H18N2O3. The Labute approximate surface area is 106 Å². The van der Waals surface area contributed by atoms with Crippen LogP contribution in [0.25, 0.3) is 0 Å². The van der Waals surface area contributed by atoms with Crippen LogP contribution < -0.4 is 19.7 Å². The molecule has 1 saturated heterocycles. The van der Waals surface area contributed by atoms with Crippen LogP contribution >= 0.6 is 0 Å². The second-order valence-corrected chi connectivity index (χ2v) is 4.65. The second-order valence-electron chi connectivity index (χ2n) is 4.65. The predicted octanol–water partition coefficient (Wildman–Crippen LogP) is 0.576. The molecule has 2 heterocycles. The van der Waals surface area contributed by atoms with Gasteiger partial charge in [0.05, 0.1) is 6.61 Å². The summed E-state index contributed by atoms with van der Waals surface area (Å²) in [5.74, 6) is 1.66. The van der Waals surface area contributed by atoms with E-state index in [2.05, 4.69) is 16.3 Å². The monoisotopic (exact) mass is 250 g/mol. The van der Waals surface area contributed by atoms with Crippen molar-refractivity contribution >= 4 is 5.69 Å². The molecule has 18 heavy (non-hydrogen) atoms. The quantitative estimate of drug-likeness (QED) is 0.818. The summed E-state index contributed by atoms with van der Waals surface area (Å²) in [5.41, 5.74) is 1.17. The highest BCUT2D eigenvalue weighted by molar-refractivity contribution is 5.57. The van der Waals surface area contributed by atoms with Crippen LogP contribution in [-0.2, 0) is 0 Å². The normalized spacial score (nSPS) is 21.6. The maximum absolute atomic E-state index is 8.81. The summed E-state index contributed by atoms with van der Waals surface area (Å²) in [5, 5.41) is 12.1. The highest BCUT2D eigenvalue weighted by Crippen LogP contribution is 2.36. The van der Waals surface area contributed by atoms with Crippen LogP contribution in [0.5, 0.6) is 11.5 Å². The fourth-order valence-corrected chi connectivity index (χ4v) is 2.51. The van der Waals surface area contributed by atoms with Gasteiger partial charge in [-0.25, -0.2) is 0 Å². The van der Waals surface area contributed by atoms with Crippen LogP contribution in [0.15, 0.2) is 18.2 Å². The van der Waals surface area contributed by atoms with Gasteiger partial charge in [0.2, 0.25) is 6.79 Å². The van der Waals surface area contributed by atoms with Crippen molar-refractivity contribution in [3.8, 4) is 11.5 Å². The molecule has 98 valence electrons. The smallest absolute Gasteiger partial charge is 0.231 e. The fraction of sp³-hybridized carbons (Fsp3) is 0.538. The van der Waals surface area contributed by atoms with Crippen LogP contribution in [0.3, 0.4) is 0 Å². The maximum atomic E-state index is 8.81. The molecule has 5 heteroatoms. The van der Waals surface area contributed by atoms with E-state index in [0.29, 0.717) is 19.4 Å². The number of benzene rings is 1. The first kappa shape index (κ1) is 11.6. The molecular weight excluding hydrogens is 232 g/mol. The molecule has 0 radical (unpaired) electrons. The van der Waals surface area contributed by atoms with Crippen molar-refractivity contribution in [1.29, 1.82) is 0 Å². The Kier molecular flexibility index (Phi) is 3.25. The van der Waals surface area contributed by atoms with Gasteiger partial charge in [-0.2, -0.15) is 0 Å². The summed E-state index contributed by atoms with van der Waals surface area (Å²) < 4.78 is 10.7. The highest BCUT2D eigenvalue weighted by Gasteiger charge is 2.23. The van der Waals surface area contributed by atoms with Gasteiger partial charge >= 0.3 is 0 Å². The van der Waals surface area contributed by atoms with E-state index in [0.717, 1.165) is 31.0 Å². The Hall–Kier alpha value is -1.46. The molecule has 2 aliphatic rings. The van der Waals surface area contributed by atoms with Crippen LogP contribution in [0.4, 0.5) is 5.69 Å². The number of anilines is 1. The van der Waals surface area contributed by atoms with Crippen molar-refractivity contribution in [2.45, 2.75) is 12.5 Å². The number of fused-ring (bicyclic) bond motifs is 1. The lowest BCUT2D eigenvalue weighted by Crippen LogP contribution is -2.34. The molecule has 0 saturated carbocycles. The van der Waals surface area contributed by atoms with E-state index >= 15 is 0 Å².